The normalized spacial score (nSPS) is 18.4. The van der Waals surface area contributed by atoms with Gasteiger partial charge in [-0.2, -0.15) is 13.2 Å². The van der Waals surface area contributed by atoms with Gasteiger partial charge in [-0.3, -0.25) is 0 Å². The van der Waals surface area contributed by atoms with Crippen molar-refractivity contribution in [1.82, 2.24) is 0 Å². The van der Waals surface area contributed by atoms with Crippen LogP contribution in [0.3, 0.4) is 0 Å². The molecule has 8 heteroatoms. The molecule has 4 nitrogen and oxygen atoms in total. The molecule has 0 fully saturated rings. The van der Waals surface area contributed by atoms with Crippen molar-refractivity contribution < 1.29 is 27.4 Å². The van der Waals surface area contributed by atoms with Gasteiger partial charge in [0.25, 0.3) is 0 Å². The molecule has 150 valence electrons. The molecule has 0 aromatic heterocycles. The average Bonchev–Trinajstić information content (AvgIpc) is 2.97. The molecule has 28 heavy (non-hydrogen) atoms. The highest BCUT2D eigenvalue weighted by molar-refractivity contribution is 9.10. The lowest BCUT2D eigenvalue weighted by Gasteiger charge is -2.29. The number of alkyl halides is 4. The van der Waals surface area contributed by atoms with E-state index in [-0.39, 0.29) is 11.8 Å². The van der Waals surface area contributed by atoms with Gasteiger partial charge in [0.2, 0.25) is 0 Å². The van der Waals surface area contributed by atoms with Gasteiger partial charge in [0.05, 0.1) is 7.11 Å². The summed E-state index contributed by atoms with van der Waals surface area (Å²) in [6.07, 6.45) is -4.50. The molecule has 2 aromatic carbocycles. The molecule has 2 unspecified atom stereocenters. The zero-order chi connectivity index (χ0) is 20.5. The third-order valence-electron chi connectivity index (χ3n) is 4.71. The van der Waals surface area contributed by atoms with E-state index in [1.807, 2.05) is 43.3 Å². The van der Waals surface area contributed by atoms with Crippen LogP contribution in [0.1, 0.15) is 18.1 Å². The average molecular weight is 458 g/mol. The van der Waals surface area contributed by atoms with Gasteiger partial charge in [-0.25, -0.2) is 4.79 Å². The first-order valence-electron chi connectivity index (χ1n) is 8.63. The van der Waals surface area contributed by atoms with E-state index in [1.54, 1.807) is 6.07 Å². The van der Waals surface area contributed by atoms with E-state index in [0.29, 0.717) is 18.5 Å². The molecule has 1 aliphatic heterocycles. The number of hydrogen-bond acceptors (Lipinski definition) is 4. The SMILES string of the molecule is COC(=O)C(Br)(Oc1cccc2c1CC(C)N2Cc1ccccc1)C(F)(F)F. The minimum Gasteiger partial charge on any atom is -0.465 e. The Morgan fingerprint density at radius 3 is 2.46 bits per heavy atom. The Bertz CT molecular complexity index is 860. The van der Waals surface area contributed by atoms with Crippen LogP contribution in [0, 0.1) is 0 Å². The van der Waals surface area contributed by atoms with Crippen molar-refractivity contribution in [2.24, 2.45) is 0 Å². The number of anilines is 1. The predicted octanol–water partition coefficient (Wildman–Crippen LogP) is 4.84. The molecule has 0 amide bonds. The van der Waals surface area contributed by atoms with Gasteiger partial charge in [-0.15, -0.1) is 0 Å². The zero-order valence-electron chi connectivity index (χ0n) is 15.3. The number of methoxy groups -OCH3 is 1. The monoisotopic (exact) mass is 457 g/mol. The highest BCUT2D eigenvalue weighted by Crippen LogP contribution is 2.45. The van der Waals surface area contributed by atoms with Crippen LogP contribution in [0.5, 0.6) is 5.75 Å². The molecule has 1 heterocycles. The number of rotatable bonds is 5. The van der Waals surface area contributed by atoms with Crippen LogP contribution < -0.4 is 9.64 Å². The molecule has 0 aliphatic carbocycles. The van der Waals surface area contributed by atoms with E-state index in [9.17, 15) is 18.0 Å². The van der Waals surface area contributed by atoms with Gasteiger partial charge >= 0.3 is 16.7 Å². The van der Waals surface area contributed by atoms with Crippen LogP contribution in [0.4, 0.5) is 18.9 Å². The van der Waals surface area contributed by atoms with Crippen molar-refractivity contribution in [3.05, 3.63) is 59.7 Å². The molecular formula is C20H19BrF3NO3. The lowest BCUT2D eigenvalue weighted by Crippen LogP contribution is -2.52. The van der Waals surface area contributed by atoms with Gasteiger partial charge in [-0.1, -0.05) is 36.4 Å². The minimum absolute atomic E-state index is 0.000452. The first-order chi connectivity index (χ1) is 13.2. The number of carbonyl (C=O) groups excluding carboxylic acids is 1. The highest BCUT2D eigenvalue weighted by atomic mass is 79.9. The molecule has 0 spiro atoms. The van der Waals surface area contributed by atoms with Crippen LogP contribution in [-0.2, 0) is 22.5 Å². The summed E-state index contributed by atoms with van der Waals surface area (Å²) in [6, 6.07) is 14.8. The molecule has 0 bridgehead atoms. The fourth-order valence-corrected chi connectivity index (χ4v) is 3.62. The first kappa shape index (κ1) is 20.5. The van der Waals surface area contributed by atoms with E-state index in [1.165, 1.54) is 6.07 Å². The van der Waals surface area contributed by atoms with Gasteiger partial charge < -0.3 is 14.4 Å². The van der Waals surface area contributed by atoms with Crippen molar-refractivity contribution >= 4 is 27.6 Å². The number of hydrogen-bond donors (Lipinski definition) is 0. The maximum atomic E-state index is 13.5. The largest absolute Gasteiger partial charge is 0.465 e. The minimum atomic E-state index is -5.00. The molecule has 0 saturated heterocycles. The highest BCUT2D eigenvalue weighted by Gasteiger charge is 2.63. The number of benzene rings is 2. The smallest absolute Gasteiger partial charge is 0.450 e. The topological polar surface area (TPSA) is 38.8 Å². The Morgan fingerprint density at radius 2 is 1.86 bits per heavy atom. The molecule has 0 radical (unpaired) electrons. The predicted molar refractivity (Wildman–Crippen MR) is 103 cm³/mol. The van der Waals surface area contributed by atoms with Gasteiger partial charge in [0.15, 0.2) is 0 Å². The summed E-state index contributed by atoms with van der Waals surface area (Å²) >= 11 is 2.43. The first-order valence-corrected chi connectivity index (χ1v) is 9.42. The Balaban J connectivity index is 1.95. The molecule has 3 rings (SSSR count). The summed E-state index contributed by atoms with van der Waals surface area (Å²) in [4.78, 5) is 13.9. The van der Waals surface area contributed by atoms with Crippen LogP contribution in [0.2, 0.25) is 0 Å². The third kappa shape index (κ3) is 3.70. The standard InChI is InChI=1S/C20H19BrF3NO3/c1-13-11-15-16(25(13)12-14-7-4-3-5-8-14)9-6-10-17(15)28-19(21,18(26)27-2)20(22,23)24/h3-10,13H,11-12H2,1-2H3. The number of esters is 1. The number of fused-ring (bicyclic) bond motifs is 1. The zero-order valence-corrected chi connectivity index (χ0v) is 16.9. The van der Waals surface area contributed by atoms with Crippen molar-refractivity contribution in [2.75, 3.05) is 12.0 Å². The van der Waals surface area contributed by atoms with Crippen LogP contribution >= 0.6 is 15.9 Å². The van der Waals surface area contributed by atoms with E-state index in [0.717, 1.165) is 18.4 Å². The third-order valence-corrected chi connectivity index (χ3v) is 5.64. The van der Waals surface area contributed by atoms with E-state index >= 15 is 0 Å². The second kappa shape index (κ2) is 7.66. The maximum Gasteiger partial charge on any atom is 0.450 e. The summed E-state index contributed by atoms with van der Waals surface area (Å²) in [5.74, 6) is -1.57. The maximum absolute atomic E-state index is 13.5. The van der Waals surface area contributed by atoms with E-state index in [4.69, 9.17) is 4.74 Å². The molecular weight excluding hydrogens is 439 g/mol. The number of carbonyl (C=O) groups is 1. The Kier molecular flexibility index (Phi) is 5.61. The Morgan fingerprint density at radius 1 is 1.18 bits per heavy atom. The molecule has 0 saturated carbocycles. The molecule has 2 aromatic rings. The van der Waals surface area contributed by atoms with Gasteiger partial charge in [0, 0.05) is 23.8 Å². The van der Waals surface area contributed by atoms with Crippen LogP contribution in [-0.4, -0.2) is 29.8 Å². The van der Waals surface area contributed by atoms with Crippen LogP contribution in [0.25, 0.3) is 0 Å². The quantitative estimate of drug-likeness (QED) is 0.475. The summed E-state index contributed by atoms with van der Waals surface area (Å²) in [7, 11) is 0.881. The van der Waals surface area contributed by atoms with Gasteiger partial charge in [0.1, 0.15) is 5.75 Å². The van der Waals surface area contributed by atoms with Gasteiger partial charge in [-0.05, 0) is 47.0 Å². The van der Waals surface area contributed by atoms with Crippen molar-refractivity contribution in [3.8, 4) is 5.75 Å². The molecule has 2 atom stereocenters. The Hall–Kier alpha value is -2.22. The van der Waals surface area contributed by atoms with E-state index < -0.39 is 16.7 Å². The lowest BCUT2D eigenvalue weighted by molar-refractivity contribution is -0.219. The summed E-state index contributed by atoms with van der Waals surface area (Å²) in [5.41, 5.74) is 2.51. The second-order valence-electron chi connectivity index (χ2n) is 6.61. The number of ether oxygens (including phenoxy) is 2. The van der Waals surface area contributed by atoms with Crippen molar-refractivity contribution in [3.63, 3.8) is 0 Å². The van der Waals surface area contributed by atoms with E-state index in [2.05, 4.69) is 25.6 Å². The fraction of sp³-hybridized carbons (Fsp3) is 0.350. The molecule has 0 N–H and O–H groups in total. The van der Waals surface area contributed by atoms with Crippen LogP contribution in [0.15, 0.2) is 48.5 Å². The summed E-state index contributed by atoms with van der Waals surface area (Å²) in [5, 5.41) is 0. The number of halogens is 4. The lowest BCUT2D eigenvalue weighted by atomic mass is 10.1. The number of nitrogens with zero attached hydrogens (tertiary/aromatic N) is 1. The fourth-order valence-electron chi connectivity index (χ4n) is 3.29. The summed E-state index contributed by atoms with van der Waals surface area (Å²) in [6.45, 7) is 2.62. The van der Waals surface area contributed by atoms with Crippen molar-refractivity contribution in [1.29, 1.82) is 0 Å². The van der Waals surface area contributed by atoms with Crippen molar-refractivity contribution in [2.45, 2.75) is 36.6 Å². The summed E-state index contributed by atoms with van der Waals surface area (Å²) < 4.78 is 46.9. The molecule has 1 aliphatic rings. The second-order valence-corrected chi connectivity index (χ2v) is 7.72. The Labute approximate surface area is 169 Å².